The van der Waals surface area contributed by atoms with Crippen LogP contribution in [0.4, 0.5) is 4.79 Å². The van der Waals surface area contributed by atoms with Crippen molar-refractivity contribution in [2.75, 3.05) is 26.2 Å². The molecule has 1 fully saturated rings. The summed E-state index contributed by atoms with van der Waals surface area (Å²) in [7, 11) is 0. The summed E-state index contributed by atoms with van der Waals surface area (Å²) in [4.78, 5) is 38.8. The highest BCUT2D eigenvalue weighted by molar-refractivity contribution is 5.94. The van der Waals surface area contributed by atoms with E-state index in [4.69, 9.17) is 4.74 Å². The van der Waals surface area contributed by atoms with Gasteiger partial charge in [0.05, 0.1) is 5.57 Å². The van der Waals surface area contributed by atoms with E-state index in [0.29, 0.717) is 23.7 Å². The molecule has 11 nitrogen and oxygen atoms in total. The van der Waals surface area contributed by atoms with Crippen LogP contribution in [0.15, 0.2) is 52.0 Å². The molecule has 0 aromatic heterocycles. The van der Waals surface area contributed by atoms with Gasteiger partial charge < -0.3 is 30.7 Å². The van der Waals surface area contributed by atoms with E-state index in [1.54, 1.807) is 12.1 Å². The zero-order valence-electron chi connectivity index (χ0n) is 20.3. The van der Waals surface area contributed by atoms with E-state index in [9.17, 15) is 19.5 Å². The van der Waals surface area contributed by atoms with Gasteiger partial charge in [-0.25, -0.2) is 9.59 Å². The summed E-state index contributed by atoms with van der Waals surface area (Å²) in [6, 6.07) is 7.73. The van der Waals surface area contributed by atoms with E-state index in [1.165, 1.54) is 12.8 Å². The standard InChI is InChI=1S/C25H34N6O5/c32-23(27-15-20(24(33)34)28-25(35)36-16-18-5-2-1-3-6-18)19-7-4-14-31-21(29-30-22(19)31)9-8-17-10-12-26-13-11-17/h1-3,5-6,17,20-21,26H,4,7-16H2,(H,27,32)(H,28,35)(H,33,34). The molecule has 3 aliphatic heterocycles. The first-order valence-electron chi connectivity index (χ1n) is 12.6. The second-order valence-corrected chi connectivity index (χ2v) is 9.37. The fourth-order valence-corrected chi connectivity index (χ4v) is 4.80. The molecule has 2 atom stereocenters. The molecule has 2 unspecified atom stereocenters. The minimum Gasteiger partial charge on any atom is -0.480 e. The number of carbonyl (C=O) groups excluding carboxylic acids is 2. The van der Waals surface area contributed by atoms with Crippen LogP contribution in [-0.4, -0.2) is 66.4 Å². The van der Waals surface area contributed by atoms with Crippen molar-refractivity contribution < 1.29 is 24.2 Å². The Morgan fingerprint density at radius 2 is 1.94 bits per heavy atom. The van der Waals surface area contributed by atoms with Crippen molar-refractivity contribution in [3.8, 4) is 0 Å². The fraction of sp³-hybridized carbons (Fsp3) is 0.560. The van der Waals surface area contributed by atoms with Crippen molar-refractivity contribution in [3.63, 3.8) is 0 Å². The van der Waals surface area contributed by atoms with E-state index in [1.807, 2.05) is 18.2 Å². The average molecular weight is 499 g/mol. The molecule has 0 radical (unpaired) electrons. The van der Waals surface area contributed by atoms with Gasteiger partial charge in [0, 0.05) is 13.1 Å². The molecule has 0 spiro atoms. The Kier molecular flexibility index (Phi) is 8.88. The van der Waals surface area contributed by atoms with Gasteiger partial charge in [-0.15, -0.1) is 5.11 Å². The molecule has 2 amide bonds. The monoisotopic (exact) mass is 498 g/mol. The quantitative estimate of drug-likeness (QED) is 0.387. The lowest BCUT2D eigenvalue weighted by Gasteiger charge is -2.31. The van der Waals surface area contributed by atoms with E-state index < -0.39 is 24.0 Å². The van der Waals surface area contributed by atoms with Gasteiger partial charge in [0.15, 0.2) is 5.82 Å². The number of aliphatic carboxylic acids is 1. The molecule has 3 heterocycles. The number of ether oxygens (including phenoxy) is 1. The third-order valence-electron chi connectivity index (χ3n) is 6.85. The summed E-state index contributed by atoms with van der Waals surface area (Å²) >= 11 is 0. The minimum absolute atomic E-state index is 0.0151. The number of hydrogen-bond acceptors (Lipinski definition) is 8. The number of azo groups is 1. The van der Waals surface area contributed by atoms with E-state index in [2.05, 4.69) is 31.1 Å². The van der Waals surface area contributed by atoms with Crippen LogP contribution < -0.4 is 16.0 Å². The Bertz CT molecular complexity index is 992. The molecule has 4 N–H and O–H groups in total. The highest BCUT2D eigenvalue weighted by Crippen LogP contribution is 2.33. The van der Waals surface area contributed by atoms with Gasteiger partial charge in [-0.2, -0.15) is 5.11 Å². The number of hydrogen-bond donors (Lipinski definition) is 4. The SMILES string of the molecule is O=C(NC(CNC(=O)C1=C2N=NC(CCC3CCNCC3)N2CCC1)C(=O)O)OCc1ccccc1. The summed E-state index contributed by atoms with van der Waals surface area (Å²) < 4.78 is 5.09. The van der Waals surface area contributed by atoms with Gasteiger partial charge in [0.25, 0.3) is 5.91 Å². The maximum absolute atomic E-state index is 12.9. The topological polar surface area (TPSA) is 145 Å². The zero-order valence-corrected chi connectivity index (χ0v) is 20.3. The predicted molar refractivity (Wildman–Crippen MR) is 131 cm³/mol. The number of rotatable bonds is 10. The third kappa shape index (κ3) is 6.81. The molecule has 0 aliphatic carbocycles. The lowest BCUT2D eigenvalue weighted by molar-refractivity contribution is -0.139. The maximum Gasteiger partial charge on any atom is 0.408 e. The minimum atomic E-state index is -1.33. The number of carboxylic acids is 1. The van der Waals surface area contributed by atoms with E-state index in [-0.39, 0.29) is 19.3 Å². The predicted octanol–water partition coefficient (Wildman–Crippen LogP) is 2.36. The molecular formula is C25H34N6O5. The number of alkyl carbamates (subject to hydrolysis) is 1. The van der Waals surface area contributed by atoms with Gasteiger partial charge in [-0.3, -0.25) is 4.79 Å². The number of nitrogens with zero attached hydrogens (tertiary/aromatic N) is 3. The van der Waals surface area contributed by atoms with Gasteiger partial charge >= 0.3 is 12.1 Å². The highest BCUT2D eigenvalue weighted by Gasteiger charge is 2.34. The van der Waals surface area contributed by atoms with Crippen LogP contribution in [0.5, 0.6) is 0 Å². The van der Waals surface area contributed by atoms with Crippen LogP contribution >= 0.6 is 0 Å². The molecule has 1 aromatic carbocycles. The summed E-state index contributed by atoms with van der Waals surface area (Å²) in [5.74, 6) is -0.384. The summed E-state index contributed by atoms with van der Waals surface area (Å²) in [6.45, 7) is 2.66. The van der Waals surface area contributed by atoms with Gasteiger partial charge in [0.2, 0.25) is 0 Å². The van der Waals surface area contributed by atoms with Gasteiger partial charge in [-0.1, -0.05) is 30.3 Å². The van der Waals surface area contributed by atoms with Crippen LogP contribution in [0.2, 0.25) is 0 Å². The molecule has 194 valence electrons. The molecule has 0 bridgehead atoms. The Morgan fingerprint density at radius 3 is 2.69 bits per heavy atom. The number of benzene rings is 1. The van der Waals surface area contributed by atoms with Crippen LogP contribution in [0.1, 0.15) is 44.1 Å². The van der Waals surface area contributed by atoms with Gasteiger partial charge in [0.1, 0.15) is 18.8 Å². The van der Waals surface area contributed by atoms with Crippen LogP contribution in [0, 0.1) is 5.92 Å². The average Bonchev–Trinajstić information content (AvgIpc) is 3.32. The summed E-state index contributed by atoms with van der Waals surface area (Å²) in [5, 5.41) is 26.6. The molecule has 1 aromatic rings. The number of nitrogens with one attached hydrogen (secondary N) is 3. The Morgan fingerprint density at radius 1 is 1.17 bits per heavy atom. The lowest BCUT2D eigenvalue weighted by atomic mass is 9.92. The van der Waals surface area contributed by atoms with Crippen molar-refractivity contribution in [3.05, 3.63) is 47.3 Å². The first-order valence-corrected chi connectivity index (χ1v) is 12.6. The van der Waals surface area contributed by atoms with Crippen molar-refractivity contribution in [1.29, 1.82) is 0 Å². The van der Waals surface area contributed by atoms with Crippen molar-refractivity contribution >= 4 is 18.0 Å². The second-order valence-electron chi connectivity index (χ2n) is 9.37. The molecule has 3 aliphatic rings. The molecule has 11 heteroatoms. The number of carbonyl (C=O) groups is 3. The van der Waals surface area contributed by atoms with Crippen molar-refractivity contribution in [1.82, 2.24) is 20.9 Å². The molecule has 36 heavy (non-hydrogen) atoms. The summed E-state index contributed by atoms with van der Waals surface area (Å²) in [6.07, 6.45) is 4.78. The summed E-state index contributed by atoms with van der Waals surface area (Å²) in [5.41, 5.74) is 1.29. The Balaban J connectivity index is 1.28. The van der Waals surface area contributed by atoms with Crippen molar-refractivity contribution in [2.24, 2.45) is 16.1 Å². The fourth-order valence-electron chi connectivity index (χ4n) is 4.80. The smallest absolute Gasteiger partial charge is 0.408 e. The molecule has 1 saturated heterocycles. The number of piperidine rings is 1. The third-order valence-corrected chi connectivity index (χ3v) is 6.85. The first-order chi connectivity index (χ1) is 17.5. The Hall–Kier alpha value is -3.47. The maximum atomic E-state index is 12.9. The number of carboxylic acid groups (broad SMARTS) is 1. The second kappa shape index (κ2) is 12.5. The number of amides is 2. The van der Waals surface area contributed by atoms with Gasteiger partial charge in [-0.05, 0) is 63.1 Å². The van der Waals surface area contributed by atoms with Crippen LogP contribution in [0.3, 0.4) is 0 Å². The first kappa shape index (κ1) is 25.6. The van der Waals surface area contributed by atoms with E-state index >= 15 is 0 Å². The van der Waals surface area contributed by atoms with Crippen molar-refractivity contribution in [2.45, 2.75) is 57.3 Å². The largest absolute Gasteiger partial charge is 0.480 e. The van der Waals surface area contributed by atoms with Crippen LogP contribution in [-0.2, 0) is 20.9 Å². The molecule has 4 rings (SSSR count). The Labute approximate surface area is 210 Å². The highest BCUT2D eigenvalue weighted by atomic mass is 16.5. The lowest BCUT2D eigenvalue weighted by Crippen LogP contribution is -2.49. The van der Waals surface area contributed by atoms with E-state index in [0.717, 1.165) is 44.5 Å². The molecular weight excluding hydrogens is 464 g/mol. The van der Waals surface area contributed by atoms with Crippen LogP contribution in [0.25, 0.3) is 0 Å². The number of fused-ring (bicyclic) bond motifs is 1. The normalized spacial score (nSPS) is 20.6. The zero-order chi connectivity index (χ0) is 25.3. The molecule has 0 saturated carbocycles.